The molecule has 0 heterocycles. The monoisotopic (exact) mass is 540 g/mol. The second-order valence-corrected chi connectivity index (χ2v) is 18.7. The minimum Gasteiger partial charge on any atom is -0.0848 e. The number of fused-ring (bicyclic) bond motifs is 19. The minimum absolute atomic E-state index is 0.597. The zero-order valence-electron chi connectivity index (χ0n) is 26.9. The van der Waals surface area contributed by atoms with Crippen molar-refractivity contribution in [2.75, 3.05) is 0 Å². The van der Waals surface area contributed by atoms with Crippen LogP contribution in [0, 0.1) is 111 Å². The van der Waals surface area contributed by atoms with E-state index in [0.717, 1.165) is 101 Å². The van der Waals surface area contributed by atoms with Crippen LogP contribution in [0.25, 0.3) is 0 Å². The standard InChI is InChI=1S/C15H22.C14H22.C11H16/c1-8-11-7-12(15(8,2)3)14-10-5-4-9(6-10)13(11)14;1-9-6-12-10-4-5-11(7-10)13(12)8-14(9,2)3;1-7-4-10-8-2-3-9(6-8)11(10)5-7/h4-5,8-14H,6-7H2,1-3H3;4-5,9-13H,6-8H2,1-3H3;2-3,7-11H,4-6H2,1H3. The topological polar surface area (TPSA) is 0 Å². The summed E-state index contributed by atoms with van der Waals surface area (Å²) in [5, 5.41) is 0. The number of hydrogen-bond acceptors (Lipinski definition) is 0. The Hall–Kier alpha value is -0.780. The van der Waals surface area contributed by atoms with E-state index in [9.17, 15) is 0 Å². The molecule has 16 unspecified atom stereocenters. The molecular formula is C40H60. The van der Waals surface area contributed by atoms with Crippen molar-refractivity contribution in [1.82, 2.24) is 0 Å². The van der Waals surface area contributed by atoms with E-state index in [1.165, 1.54) is 44.9 Å². The maximum Gasteiger partial charge on any atom is -0.0194 e. The molecule has 0 aromatic rings. The molecule has 7 saturated carbocycles. The van der Waals surface area contributed by atoms with Crippen LogP contribution in [0.5, 0.6) is 0 Å². The van der Waals surface area contributed by atoms with Crippen LogP contribution in [-0.2, 0) is 0 Å². The lowest BCUT2D eigenvalue weighted by Crippen LogP contribution is -2.40. The molecular weight excluding hydrogens is 480 g/mol. The molecule has 0 N–H and O–H groups in total. The quantitative estimate of drug-likeness (QED) is 0.212. The summed E-state index contributed by atoms with van der Waals surface area (Å²) < 4.78 is 0. The fourth-order valence-electron chi connectivity index (χ4n) is 13.9. The van der Waals surface area contributed by atoms with Crippen molar-refractivity contribution < 1.29 is 0 Å². The first-order valence-electron chi connectivity index (χ1n) is 18.1. The van der Waals surface area contributed by atoms with Crippen LogP contribution in [0.1, 0.15) is 99.8 Å². The second-order valence-electron chi connectivity index (χ2n) is 18.7. The molecule has 0 aliphatic heterocycles. The van der Waals surface area contributed by atoms with Gasteiger partial charge in [0, 0.05) is 0 Å². The van der Waals surface area contributed by atoms with Gasteiger partial charge in [-0.05, 0) is 163 Å². The van der Waals surface area contributed by atoms with Crippen LogP contribution in [0.3, 0.4) is 0 Å². The van der Waals surface area contributed by atoms with Crippen molar-refractivity contribution in [3.05, 3.63) is 36.5 Å². The minimum atomic E-state index is 0.597. The van der Waals surface area contributed by atoms with E-state index in [1.54, 1.807) is 6.42 Å². The molecule has 0 aromatic heterocycles. The zero-order valence-corrected chi connectivity index (χ0v) is 26.9. The molecule has 0 spiro atoms. The van der Waals surface area contributed by atoms with Crippen LogP contribution in [-0.4, -0.2) is 0 Å². The van der Waals surface area contributed by atoms with Gasteiger partial charge in [-0.1, -0.05) is 84.9 Å². The van der Waals surface area contributed by atoms with Gasteiger partial charge in [0.05, 0.1) is 0 Å². The van der Waals surface area contributed by atoms with Crippen LogP contribution in [0.15, 0.2) is 36.5 Å². The van der Waals surface area contributed by atoms with E-state index >= 15 is 0 Å². The molecule has 0 aromatic carbocycles. The van der Waals surface area contributed by atoms with Gasteiger partial charge in [-0.2, -0.15) is 0 Å². The summed E-state index contributed by atoms with van der Waals surface area (Å²) in [7, 11) is 0. The molecule has 0 heteroatoms. The molecule has 0 saturated heterocycles. The molecule has 7 fully saturated rings. The van der Waals surface area contributed by atoms with Crippen LogP contribution >= 0.6 is 0 Å². The average molecular weight is 541 g/mol. The Kier molecular flexibility index (Phi) is 6.11. The van der Waals surface area contributed by atoms with Crippen molar-refractivity contribution >= 4 is 0 Å². The summed E-state index contributed by atoms with van der Waals surface area (Å²) >= 11 is 0. The van der Waals surface area contributed by atoms with E-state index in [2.05, 4.69) is 84.9 Å². The first kappa shape index (κ1) is 26.8. The predicted molar refractivity (Wildman–Crippen MR) is 168 cm³/mol. The maximum atomic E-state index is 2.55. The van der Waals surface area contributed by atoms with Crippen molar-refractivity contribution in [2.45, 2.75) is 99.8 Å². The molecule has 40 heavy (non-hydrogen) atoms. The molecule has 10 rings (SSSR count). The van der Waals surface area contributed by atoms with Gasteiger partial charge in [0.2, 0.25) is 0 Å². The largest absolute Gasteiger partial charge is 0.0848 e. The summed E-state index contributed by atoms with van der Waals surface area (Å²) in [6.07, 6.45) is 27.2. The highest BCUT2D eigenvalue weighted by atomic mass is 14.7. The Morgan fingerprint density at radius 2 is 0.950 bits per heavy atom. The first-order valence-corrected chi connectivity index (χ1v) is 18.1. The lowest BCUT2D eigenvalue weighted by molar-refractivity contribution is 0.0355. The lowest BCUT2D eigenvalue weighted by atomic mass is 9.59. The van der Waals surface area contributed by atoms with Gasteiger partial charge in [0.25, 0.3) is 0 Å². The van der Waals surface area contributed by atoms with Crippen molar-refractivity contribution in [3.8, 4) is 0 Å². The Bertz CT molecular complexity index is 1070. The third-order valence-electron chi connectivity index (χ3n) is 16.5. The van der Waals surface area contributed by atoms with E-state index < -0.39 is 0 Å². The van der Waals surface area contributed by atoms with Gasteiger partial charge in [0.15, 0.2) is 0 Å². The Balaban J connectivity index is 0.0000000931. The fraction of sp³-hybridized carbons (Fsp3) is 0.850. The summed E-state index contributed by atoms with van der Waals surface area (Å²) in [6.45, 7) is 17.4. The van der Waals surface area contributed by atoms with Crippen molar-refractivity contribution in [2.24, 2.45) is 111 Å². The van der Waals surface area contributed by atoms with E-state index in [1.807, 2.05) is 0 Å². The normalized spacial score (nSPS) is 58.4. The molecule has 220 valence electrons. The summed E-state index contributed by atoms with van der Waals surface area (Å²) in [5.74, 6) is 17.3. The highest BCUT2D eigenvalue weighted by Crippen LogP contribution is 2.72. The molecule has 0 radical (unpaired) electrons. The highest BCUT2D eigenvalue weighted by molar-refractivity contribution is 5.23. The van der Waals surface area contributed by atoms with Crippen LogP contribution in [0.4, 0.5) is 0 Å². The summed E-state index contributed by atoms with van der Waals surface area (Å²) in [5.41, 5.74) is 1.23. The Morgan fingerprint density at radius 1 is 0.475 bits per heavy atom. The van der Waals surface area contributed by atoms with E-state index in [4.69, 9.17) is 0 Å². The summed E-state index contributed by atoms with van der Waals surface area (Å²) in [4.78, 5) is 0. The lowest BCUT2D eigenvalue weighted by Gasteiger charge is -2.46. The molecule has 10 aliphatic rings. The highest BCUT2D eigenvalue weighted by Gasteiger charge is 2.66. The second kappa shape index (κ2) is 9.11. The maximum absolute atomic E-state index is 2.55. The van der Waals surface area contributed by atoms with Gasteiger partial charge >= 0.3 is 0 Å². The van der Waals surface area contributed by atoms with Gasteiger partial charge in [-0.25, -0.2) is 0 Å². The number of allylic oxidation sites excluding steroid dienone is 6. The van der Waals surface area contributed by atoms with Gasteiger partial charge in [0.1, 0.15) is 0 Å². The number of hydrogen-bond donors (Lipinski definition) is 0. The smallest absolute Gasteiger partial charge is 0.0194 e. The molecule has 8 bridgehead atoms. The van der Waals surface area contributed by atoms with Crippen LogP contribution < -0.4 is 0 Å². The molecule has 10 aliphatic carbocycles. The average Bonchev–Trinajstić information content (AvgIpc) is 3.75. The third kappa shape index (κ3) is 3.81. The molecule has 16 atom stereocenters. The predicted octanol–water partition coefficient (Wildman–Crippen LogP) is 10.5. The van der Waals surface area contributed by atoms with Crippen molar-refractivity contribution in [1.29, 1.82) is 0 Å². The van der Waals surface area contributed by atoms with Crippen molar-refractivity contribution in [3.63, 3.8) is 0 Å². The van der Waals surface area contributed by atoms with Crippen LogP contribution in [0.2, 0.25) is 0 Å². The molecule has 0 nitrogen and oxygen atoms in total. The zero-order chi connectivity index (χ0) is 27.7. The number of rotatable bonds is 0. The fourth-order valence-corrected chi connectivity index (χ4v) is 13.9. The third-order valence-corrected chi connectivity index (χ3v) is 16.5. The van der Waals surface area contributed by atoms with Gasteiger partial charge in [-0.15, -0.1) is 0 Å². The Morgan fingerprint density at radius 3 is 1.55 bits per heavy atom. The molecule has 0 amide bonds. The van der Waals surface area contributed by atoms with E-state index in [0.29, 0.717) is 10.8 Å². The van der Waals surface area contributed by atoms with E-state index in [-0.39, 0.29) is 0 Å². The summed E-state index contributed by atoms with van der Waals surface area (Å²) in [6, 6.07) is 0. The Labute approximate surface area is 247 Å². The SMILES string of the molecule is CC1C2CC(C3C4C=CC(C4)C23)C1(C)C.CC1CC2C3C=CC(C3)C2C1.CC1CC2C3C=CC(C3)C2CC1(C)C. The van der Waals surface area contributed by atoms with Gasteiger partial charge < -0.3 is 0 Å². The van der Waals surface area contributed by atoms with Gasteiger partial charge in [-0.3, -0.25) is 0 Å². The first-order chi connectivity index (χ1) is 19.0.